The molecule has 1 aromatic rings. The standard InChI is InChI=1S/C18H24N2O5S/c21-18(15-5-9-25-13-15)19-6-4-14-2-1-3-17(16(14)12-19)26(22,23)20-7-10-24-11-8-20/h1-3,15H,4-13H2/t15-/m1/s1. The highest BCUT2D eigenvalue weighted by atomic mass is 32.2. The van der Waals surface area contributed by atoms with Crippen molar-refractivity contribution in [2.45, 2.75) is 24.3 Å². The quantitative estimate of drug-likeness (QED) is 0.769. The van der Waals surface area contributed by atoms with Crippen LogP contribution in [0.3, 0.4) is 0 Å². The minimum atomic E-state index is -3.58. The van der Waals surface area contributed by atoms with Gasteiger partial charge in [-0.05, 0) is 30.0 Å². The zero-order valence-electron chi connectivity index (χ0n) is 14.7. The summed E-state index contributed by atoms with van der Waals surface area (Å²) in [5, 5.41) is 0. The Morgan fingerprint density at radius 1 is 1.08 bits per heavy atom. The number of nitrogens with zero attached hydrogens (tertiary/aromatic N) is 2. The number of hydrogen-bond donors (Lipinski definition) is 0. The van der Waals surface area contributed by atoms with Crippen molar-refractivity contribution in [2.75, 3.05) is 46.1 Å². The van der Waals surface area contributed by atoms with E-state index in [1.54, 1.807) is 17.0 Å². The molecule has 4 rings (SSSR count). The van der Waals surface area contributed by atoms with Gasteiger partial charge in [0.1, 0.15) is 0 Å². The summed E-state index contributed by atoms with van der Waals surface area (Å²) in [6.45, 7) is 3.64. The molecule has 0 N–H and O–H groups in total. The third-order valence-corrected chi connectivity index (χ3v) is 7.39. The number of carbonyl (C=O) groups excluding carboxylic acids is 1. The van der Waals surface area contributed by atoms with E-state index < -0.39 is 10.0 Å². The summed E-state index contributed by atoms with van der Waals surface area (Å²) in [7, 11) is -3.58. The number of sulfonamides is 1. The van der Waals surface area contributed by atoms with Crippen LogP contribution in [0, 0.1) is 5.92 Å². The van der Waals surface area contributed by atoms with Gasteiger partial charge in [-0.1, -0.05) is 12.1 Å². The number of amides is 1. The third kappa shape index (κ3) is 3.26. The fourth-order valence-corrected chi connectivity index (χ4v) is 5.56. The summed E-state index contributed by atoms with van der Waals surface area (Å²) in [5.74, 6) is -0.0220. The molecule has 7 nitrogen and oxygen atoms in total. The van der Waals surface area contributed by atoms with Crippen LogP contribution in [0.15, 0.2) is 23.1 Å². The highest BCUT2D eigenvalue weighted by molar-refractivity contribution is 7.89. The Bertz CT molecular complexity index is 783. The van der Waals surface area contributed by atoms with Gasteiger partial charge in [-0.25, -0.2) is 8.42 Å². The van der Waals surface area contributed by atoms with Gasteiger partial charge in [0.05, 0.1) is 30.6 Å². The molecule has 3 aliphatic heterocycles. The van der Waals surface area contributed by atoms with Crippen LogP contribution in [-0.4, -0.2) is 69.6 Å². The number of rotatable bonds is 3. The average Bonchev–Trinajstić information content (AvgIpc) is 3.22. The molecule has 26 heavy (non-hydrogen) atoms. The Hall–Kier alpha value is -1.48. The molecule has 0 aromatic heterocycles. The maximum absolute atomic E-state index is 13.1. The summed E-state index contributed by atoms with van der Waals surface area (Å²) in [4.78, 5) is 14.9. The van der Waals surface area contributed by atoms with Crippen LogP contribution in [0.25, 0.3) is 0 Å². The maximum Gasteiger partial charge on any atom is 0.243 e. The molecule has 3 aliphatic rings. The van der Waals surface area contributed by atoms with Crippen molar-refractivity contribution >= 4 is 15.9 Å². The van der Waals surface area contributed by atoms with Crippen molar-refractivity contribution < 1.29 is 22.7 Å². The molecule has 0 spiro atoms. The second-order valence-electron chi connectivity index (χ2n) is 6.98. The molecule has 8 heteroatoms. The summed E-state index contributed by atoms with van der Waals surface area (Å²) in [6, 6.07) is 5.43. The highest BCUT2D eigenvalue weighted by Crippen LogP contribution is 2.30. The molecule has 0 saturated carbocycles. The molecule has 0 unspecified atom stereocenters. The number of morpholine rings is 1. The zero-order chi connectivity index (χ0) is 18.1. The van der Waals surface area contributed by atoms with Crippen molar-refractivity contribution in [1.82, 2.24) is 9.21 Å². The van der Waals surface area contributed by atoms with Gasteiger partial charge in [0.15, 0.2) is 0 Å². The molecule has 0 radical (unpaired) electrons. The molecule has 1 atom stereocenters. The van der Waals surface area contributed by atoms with Crippen molar-refractivity contribution in [1.29, 1.82) is 0 Å². The lowest BCUT2D eigenvalue weighted by Crippen LogP contribution is -2.43. The van der Waals surface area contributed by atoms with Gasteiger partial charge in [0, 0.05) is 32.8 Å². The van der Waals surface area contributed by atoms with E-state index in [0.717, 1.165) is 17.5 Å². The van der Waals surface area contributed by atoms with Crippen LogP contribution < -0.4 is 0 Å². The van der Waals surface area contributed by atoms with E-state index in [1.165, 1.54) is 4.31 Å². The Balaban J connectivity index is 1.62. The number of benzene rings is 1. The van der Waals surface area contributed by atoms with Crippen molar-refractivity contribution in [3.63, 3.8) is 0 Å². The van der Waals surface area contributed by atoms with E-state index in [2.05, 4.69) is 0 Å². The van der Waals surface area contributed by atoms with Crippen molar-refractivity contribution in [3.8, 4) is 0 Å². The monoisotopic (exact) mass is 380 g/mol. The predicted octanol–water partition coefficient (Wildman–Crippen LogP) is 0.629. The Labute approximate surface area is 153 Å². The minimum absolute atomic E-state index is 0.0757. The van der Waals surface area contributed by atoms with E-state index in [-0.39, 0.29) is 11.8 Å². The average molecular weight is 380 g/mol. The molecule has 0 aliphatic carbocycles. The minimum Gasteiger partial charge on any atom is -0.381 e. The van der Waals surface area contributed by atoms with Gasteiger partial charge in [-0.2, -0.15) is 4.31 Å². The van der Waals surface area contributed by atoms with Crippen molar-refractivity contribution in [2.24, 2.45) is 5.92 Å². The fourth-order valence-electron chi connectivity index (χ4n) is 3.89. The second kappa shape index (κ2) is 7.26. The lowest BCUT2D eigenvalue weighted by atomic mass is 9.98. The van der Waals surface area contributed by atoms with Gasteiger partial charge >= 0.3 is 0 Å². The SMILES string of the molecule is O=C([C@@H]1CCOC1)N1CCc2cccc(S(=O)(=O)N3CCOCC3)c2C1. The number of hydrogen-bond acceptors (Lipinski definition) is 5. The first-order chi connectivity index (χ1) is 12.6. The maximum atomic E-state index is 13.1. The number of fused-ring (bicyclic) bond motifs is 1. The van der Waals surface area contributed by atoms with Crippen molar-refractivity contribution in [3.05, 3.63) is 29.3 Å². The first kappa shape index (κ1) is 17.9. The molecule has 2 fully saturated rings. The van der Waals surface area contributed by atoms with Crippen LogP contribution in [0.1, 0.15) is 17.5 Å². The van der Waals surface area contributed by atoms with Crippen LogP contribution in [0.2, 0.25) is 0 Å². The Morgan fingerprint density at radius 3 is 2.62 bits per heavy atom. The second-order valence-corrected chi connectivity index (χ2v) is 8.89. The van der Waals surface area contributed by atoms with Crippen LogP contribution in [0.5, 0.6) is 0 Å². The summed E-state index contributed by atoms with van der Waals surface area (Å²) in [6.07, 6.45) is 1.43. The fraction of sp³-hybridized carbons (Fsp3) is 0.611. The van der Waals surface area contributed by atoms with E-state index in [4.69, 9.17) is 9.47 Å². The van der Waals surface area contributed by atoms with Crippen LogP contribution in [0.4, 0.5) is 0 Å². The molecule has 142 valence electrons. The first-order valence-electron chi connectivity index (χ1n) is 9.12. The lowest BCUT2D eigenvalue weighted by molar-refractivity contribution is -0.136. The van der Waals surface area contributed by atoms with Gasteiger partial charge in [-0.15, -0.1) is 0 Å². The molecule has 3 heterocycles. The van der Waals surface area contributed by atoms with Gasteiger partial charge in [0.25, 0.3) is 0 Å². The molecule has 2 saturated heterocycles. The van der Waals surface area contributed by atoms with E-state index >= 15 is 0 Å². The molecular weight excluding hydrogens is 356 g/mol. The van der Waals surface area contributed by atoms with E-state index in [1.807, 2.05) is 6.07 Å². The van der Waals surface area contributed by atoms with Gasteiger partial charge in [0.2, 0.25) is 15.9 Å². The summed E-state index contributed by atoms with van der Waals surface area (Å²) in [5.41, 5.74) is 1.78. The topological polar surface area (TPSA) is 76.2 Å². The zero-order valence-corrected chi connectivity index (χ0v) is 15.5. The summed E-state index contributed by atoms with van der Waals surface area (Å²) < 4.78 is 38.4. The van der Waals surface area contributed by atoms with Gasteiger partial charge < -0.3 is 14.4 Å². The van der Waals surface area contributed by atoms with Crippen LogP contribution >= 0.6 is 0 Å². The number of carbonyl (C=O) groups is 1. The molecule has 0 bridgehead atoms. The summed E-state index contributed by atoms with van der Waals surface area (Å²) >= 11 is 0. The first-order valence-corrected chi connectivity index (χ1v) is 10.6. The van der Waals surface area contributed by atoms with E-state index in [0.29, 0.717) is 63.9 Å². The number of ether oxygens (including phenoxy) is 2. The lowest BCUT2D eigenvalue weighted by Gasteiger charge is -2.33. The highest BCUT2D eigenvalue weighted by Gasteiger charge is 2.34. The third-order valence-electron chi connectivity index (χ3n) is 5.41. The van der Waals surface area contributed by atoms with Gasteiger partial charge in [-0.3, -0.25) is 4.79 Å². The molecular formula is C18H24N2O5S. The normalized spacial score (nSPS) is 24.5. The largest absolute Gasteiger partial charge is 0.381 e. The molecule has 1 amide bonds. The Kier molecular flexibility index (Phi) is 5.00. The molecule has 1 aromatic carbocycles. The van der Waals surface area contributed by atoms with E-state index in [9.17, 15) is 13.2 Å². The van der Waals surface area contributed by atoms with Crippen LogP contribution in [-0.2, 0) is 37.3 Å². The smallest absolute Gasteiger partial charge is 0.243 e. The Morgan fingerprint density at radius 2 is 1.88 bits per heavy atom. The predicted molar refractivity (Wildman–Crippen MR) is 94.1 cm³/mol.